The lowest BCUT2D eigenvalue weighted by atomic mass is 9.97. The smallest absolute Gasteiger partial charge is 0.123 e. The molecule has 4 heteroatoms. The van der Waals surface area contributed by atoms with E-state index in [1.807, 2.05) is 30.7 Å². The molecule has 0 radical (unpaired) electrons. The maximum Gasteiger partial charge on any atom is 0.123 e. The Morgan fingerprint density at radius 3 is 2.17 bits per heavy atom. The van der Waals surface area contributed by atoms with Crippen molar-refractivity contribution < 1.29 is 8.78 Å². The number of halogens is 2. The number of hydrogen-bond donors (Lipinski definition) is 0. The van der Waals surface area contributed by atoms with Crippen molar-refractivity contribution in [3.63, 3.8) is 0 Å². The Hall–Kier alpha value is -3.53. The Bertz CT molecular complexity index is 1110. The Morgan fingerprint density at radius 1 is 0.800 bits per heavy atom. The van der Waals surface area contributed by atoms with Gasteiger partial charge in [0.25, 0.3) is 0 Å². The van der Waals surface area contributed by atoms with Gasteiger partial charge in [-0.3, -0.25) is 0 Å². The van der Waals surface area contributed by atoms with Crippen molar-refractivity contribution in [1.29, 1.82) is 0 Å². The number of rotatable bonds is 7. The van der Waals surface area contributed by atoms with Crippen LogP contribution in [0.3, 0.4) is 0 Å². The van der Waals surface area contributed by atoms with Crippen LogP contribution in [0.5, 0.6) is 0 Å². The molecule has 0 fully saturated rings. The summed E-state index contributed by atoms with van der Waals surface area (Å²) >= 11 is 0. The molecule has 150 valence electrons. The Labute approximate surface area is 175 Å². The van der Waals surface area contributed by atoms with E-state index in [1.54, 1.807) is 24.3 Å². The largest absolute Gasteiger partial charge is 0.327 e. The molecule has 1 heterocycles. The van der Waals surface area contributed by atoms with Crippen LogP contribution in [-0.4, -0.2) is 9.55 Å². The average Bonchev–Trinajstić information content (AvgIpc) is 3.20. The maximum absolute atomic E-state index is 13.5. The van der Waals surface area contributed by atoms with Crippen LogP contribution in [0.2, 0.25) is 0 Å². The third kappa shape index (κ3) is 5.09. The minimum absolute atomic E-state index is 0.238. The van der Waals surface area contributed by atoms with E-state index in [0.717, 1.165) is 41.8 Å². The minimum atomic E-state index is -0.259. The third-order valence-corrected chi connectivity index (χ3v) is 5.07. The van der Waals surface area contributed by atoms with Gasteiger partial charge in [-0.2, -0.15) is 0 Å². The molecule has 4 rings (SSSR count). The highest BCUT2D eigenvalue weighted by Crippen LogP contribution is 2.24. The molecule has 0 aliphatic rings. The summed E-state index contributed by atoms with van der Waals surface area (Å²) in [6.45, 7) is 0.724. The molecular formula is C26H22F2N2. The zero-order valence-corrected chi connectivity index (χ0v) is 16.5. The molecule has 1 aromatic heterocycles. The molecular weight excluding hydrogens is 378 g/mol. The number of imidazole rings is 1. The SMILES string of the molecule is Fc1ccc(CCC(=Cc2cncn2Cc2ccccc2)c2ccc(F)cc2)cc1. The fraction of sp³-hybridized carbons (Fsp3) is 0.115. The maximum atomic E-state index is 13.5. The highest BCUT2D eigenvalue weighted by molar-refractivity contribution is 5.80. The van der Waals surface area contributed by atoms with E-state index in [2.05, 4.69) is 27.8 Å². The zero-order chi connectivity index (χ0) is 20.8. The third-order valence-electron chi connectivity index (χ3n) is 5.07. The first-order chi connectivity index (χ1) is 14.7. The Balaban J connectivity index is 1.62. The quantitative estimate of drug-likeness (QED) is 0.352. The summed E-state index contributed by atoms with van der Waals surface area (Å²) in [5.74, 6) is -0.497. The predicted octanol–water partition coefficient (Wildman–Crippen LogP) is 6.38. The second-order valence-electron chi connectivity index (χ2n) is 7.23. The summed E-state index contributed by atoms with van der Waals surface area (Å²) in [5, 5.41) is 0. The standard InChI is InChI=1S/C26H22F2N2/c27-24-12-7-20(8-13-24)6-9-23(22-10-14-25(28)15-11-22)16-26-17-29-19-30(26)18-21-4-2-1-3-5-21/h1-5,7-8,10-17,19H,6,9,18H2. The van der Waals surface area contributed by atoms with Crippen LogP contribution in [0.15, 0.2) is 91.4 Å². The lowest BCUT2D eigenvalue weighted by molar-refractivity contribution is 0.627. The molecule has 0 N–H and O–H groups in total. The molecule has 0 amide bonds. The number of hydrogen-bond acceptors (Lipinski definition) is 1. The topological polar surface area (TPSA) is 17.8 Å². The van der Waals surface area contributed by atoms with Crippen molar-refractivity contribution in [3.05, 3.63) is 125 Å². The van der Waals surface area contributed by atoms with Crippen LogP contribution in [0.1, 0.15) is 28.8 Å². The second kappa shape index (κ2) is 9.31. The van der Waals surface area contributed by atoms with Gasteiger partial charge in [0, 0.05) is 6.54 Å². The van der Waals surface area contributed by atoms with E-state index < -0.39 is 0 Å². The first-order valence-electron chi connectivity index (χ1n) is 9.92. The van der Waals surface area contributed by atoms with E-state index in [9.17, 15) is 8.78 Å². The molecule has 4 aromatic rings. The van der Waals surface area contributed by atoms with Gasteiger partial charge in [-0.1, -0.05) is 54.6 Å². The van der Waals surface area contributed by atoms with Crippen LogP contribution < -0.4 is 0 Å². The molecule has 0 aliphatic carbocycles. The molecule has 3 aromatic carbocycles. The van der Waals surface area contributed by atoms with E-state index >= 15 is 0 Å². The van der Waals surface area contributed by atoms with Crippen molar-refractivity contribution in [2.75, 3.05) is 0 Å². The monoisotopic (exact) mass is 400 g/mol. The summed E-state index contributed by atoms with van der Waals surface area (Å²) in [5.41, 5.74) is 5.28. The number of nitrogens with zero attached hydrogens (tertiary/aromatic N) is 2. The summed E-state index contributed by atoms with van der Waals surface area (Å²) in [7, 11) is 0. The summed E-state index contributed by atoms with van der Waals surface area (Å²) in [4.78, 5) is 4.32. The van der Waals surface area contributed by atoms with Gasteiger partial charge >= 0.3 is 0 Å². The van der Waals surface area contributed by atoms with Crippen molar-refractivity contribution in [2.24, 2.45) is 0 Å². The lowest BCUT2D eigenvalue weighted by Crippen LogP contribution is -2.00. The van der Waals surface area contributed by atoms with Gasteiger partial charge in [0.15, 0.2) is 0 Å². The lowest BCUT2D eigenvalue weighted by Gasteiger charge is -2.11. The molecule has 0 aliphatic heterocycles. The van der Waals surface area contributed by atoms with E-state index in [0.29, 0.717) is 0 Å². The number of allylic oxidation sites excluding steroid dienone is 1. The van der Waals surface area contributed by atoms with Crippen LogP contribution in [0.4, 0.5) is 8.78 Å². The highest BCUT2D eigenvalue weighted by atomic mass is 19.1. The number of aryl methyl sites for hydroxylation is 1. The fourth-order valence-corrected chi connectivity index (χ4v) is 3.44. The fourth-order valence-electron chi connectivity index (χ4n) is 3.44. The van der Waals surface area contributed by atoms with Crippen LogP contribution in [0, 0.1) is 11.6 Å². The average molecular weight is 400 g/mol. The molecule has 0 spiro atoms. The normalized spacial score (nSPS) is 11.6. The van der Waals surface area contributed by atoms with Gasteiger partial charge in [-0.25, -0.2) is 13.8 Å². The molecule has 30 heavy (non-hydrogen) atoms. The van der Waals surface area contributed by atoms with Gasteiger partial charge in [-0.15, -0.1) is 0 Å². The van der Waals surface area contributed by atoms with E-state index in [-0.39, 0.29) is 11.6 Å². The van der Waals surface area contributed by atoms with Crippen LogP contribution in [0.25, 0.3) is 11.6 Å². The van der Waals surface area contributed by atoms with Gasteiger partial charge in [0.2, 0.25) is 0 Å². The van der Waals surface area contributed by atoms with Gasteiger partial charge in [0.05, 0.1) is 18.2 Å². The van der Waals surface area contributed by atoms with Crippen molar-refractivity contribution >= 4 is 11.6 Å². The van der Waals surface area contributed by atoms with Gasteiger partial charge < -0.3 is 4.57 Å². The molecule has 0 saturated heterocycles. The van der Waals surface area contributed by atoms with Gasteiger partial charge in [-0.05, 0) is 65.4 Å². The van der Waals surface area contributed by atoms with Crippen molar-refractivity contribution in [2.45, 2.75) is 19.4 Å². The van der Waals surface area contributed by atoms with Crippen LogP contribution in [-0.2, 0) is 13.0 Å². The van der Waals surface area contributed by atoms with E-state index in [4.69, 9.17) is 0 Å². The van der Waals surface area contributed by atoms with Crippen molar-refractivity contribution in [1.82, 2.24) is 9.55 Å². The second-order valence-corrected chi connectivity index (χ2v) is 7.23. The number of benzene rings is 3. The zero-order valence-electron chi connectivity index (χ0n) is 16.5. The van der Waals surface area contributed by atoms with Crippen LogP contribution >= 0.6 is 0 Å². The Morgan fingerprint density at radius 2 is 1.47 bits per heavy atom. The molecule has 0 unspecified atom stereocenters. The summed E-state index contributed by atoms with van der Waals surface area (Å²) in [6.07, 6.45) is 7.27. The van der Waals surface area contributed by atoms with E-state index in [1.165, 1.54) is 29.8 Å². The first kappa shape index (κ1) is 19.8. The summed E-state index contributed by atoms with van der Waals surface area (Å²) < 4.78 is 28.8. The minimum Gasteiger partial charge on any atom is -0.327 e. The number of aromatic nitrogens is 2. The first-order valence-corrected chi connectivity index (χ1v) is 9.92. The molecule has 0 saturated carbocycles. The van der Waals surface area contributed by atoms with Gasteiger partial charge in [0.1, 0.15) is 11.6 Å². The highest BCUT2D eigenvalue weighted by Gasteiger charge is 2.07. The summed E-state index contributed by atoms with van der Waals surface area (Å²) in [6, 6.07) is 23.3. The Kier molecular flexibility index (Phi) is 6.14. The predicted molar refractivity (Wildman–Crippen MR) is 117 cm³/mol. The molecule has 2 nitrogen and oxygen atoms in total. The van der Waals surface area contributed by atoms with Crippen molar-refractivity contribution in [3.8, 4) is 0 Å². The molecule has 0 bridgehead atoms. The molecule has 0 atom stereocenters.